The summed E-state index contributed by atoms with van der Waals surface area (Å²) in [6.07, 6.45) is 2.56. The summed E-state index contributed by atoms with van der Waals surface area (Å²) >= 11 is 3.39. The van der Waals surface area contributed by atoms with E-state index in [0.717, 1.165) is 35.0 Å². The van der Waals surface area contributed by atoms with Crippen molar-refractivity contribution in [3.05, 3.63) is 45.5 Å². The normalized spacial score (nSPS) is 22.6. The third-order valence-electron chi connectivity index (χ3n) is 8.71. The van der Waals surface area contributed by atoms with Crippen LogP contribution in [0.15, 0.2) is 39.9 Å². The molecule has 2 aromatic heterocycles. The number of ether oxygens (including phenoxy) is 1. The number of nitrogen functional groups attached to an aromatic ring is 1. The molecule has 0 saturated carbocycles. The summed E-state index contributed by atoms with van der Waals surface area (Å²) in [6.45, 7) is 8.39. The van der Waals surface area contributed by atoms with E-state index in [1.54, 1.807) is 29.2 Å². The predicted molar refractivity (Wildman–Crippen MR) is 162 cm³/mol. The van der Waals surface area contributed by atoms with Gasteiger partial charge in [0.25, 0.3) is 5.92 Å². The fraction of sp³-hybridized carbons (Fsp3) is 0.586. The summed E-state index contributed by atoms with van der Waals surface area (Å²) < 4.78 is 40.7. The van der Waals surface area contributed by atoms with Crippen LogP contribution < -0.4 is 11.4 Å². The third-order valence-corrected chi connectivity index (χ3v) is 9.24. The van der Waals surface area contributed by atoms with Gasteiger partial charge in [-0.05, 0) is 64.3 Å². The van der Waals surface area contributed by atoms with Crippen molar-refractivity contribution in [2.24, 2.45) is 0 Å². The first-order valence-electron chi connectivity index (χ1n) is 14.7. The van der Waals surface area contributed by atoms with Gasteiger partial charge in [-0.3, -0.25) is 18.9 Å². The van der Waals surface area contributed by atoms with Gasteiger partial charge >= 0.3 is 11.8 Å². The number of halogens is 3. The molecule has 2 N–H and O–H groups in total. The van der Waals surface area contributed by atoms with Crippen molar-refractivity contribution in [1.82, 2.24) is 33.8 Å². The van der Waals surface area contributed by atoms with E-state index >= 15 is 8.78 Å². The van der Waals surface area contributed by atoms with E-state index in [1.165, 1.54) is 10.9 Å². The van der Waals surface area contributed by atoms with Gasteiger partial charge in [0.15, 0.2) is 11.5 Å². The van der Waals surface area contributed by atoms with E-state index in [-0.39, 0.29) is 41.6 Å². The molecule has 0 spiro atoms. The Bertz CT molecular complexity index is 1560. The number of piperidine rings is 2. The van der Waals surface area contributed by atoms with E-state index in [2.05, 4.69) is 30.8 Å². The average Bonchev–Trinajstić information content (AvgIpc) is 3.20. The number of carbonyl (C=O) groups is 1. The quantitative estimate of drug-likeness (QED) is 0.448. The summed E-state index contributed by atoms with van der Waals surface area (Å²) in [6, 6.07) is 5.91. The number of hydrogen-bond donors (Lipinski definition) is 1. The Hall–Kier alpha value is -3.10. The van der Waals surface area contributed by atoms with Crippen molar-refractivity contribution in [1.29, 1.82) is 0 Å². The zero-order chi connectivity index (χ0) is 30.7. The maximum Gasteiger partial charge on any atom is 0.410 e. The molecular weight excluding hydrogens is 626 g/mol. The first-order valence-corrected chi connectivity index (χ1v) is 15.4. The van der Waals surface area contributed by atoms with Crippen LogP contribution in [0.2, 0.25) is 0 Å². The molecule has 0 unspecified atom stereocenters. The Morgan fingerprint density at radius 2 is 1.67 bits per heavy atom. The van der Waals surface area contributed by atoms with Gasteiger partial charge in [-0.2, -0.15) is 0 Å². The highest BCUT2D eigenvalue weighted by molar-refractivity contribution is 9.10. The number of aromatic nitrogens is 4. The number of likely N-dealkylation sites (tertiary alicyclic amines) is 3. The Morgan fingerprint density at radius 3 is 2.30 bits per heavy atom. The topological polar surface area (TPSA) is 115 Å². The number of anilines is 1. The van der Waals surface area contributed by atoms with Gasteiger partial charge in [0.05, 0.1) is 12.2 Å². The van der Waals surface area contributed by atoms with Gasteiger partial charge < -0.3 is 15.4 Å². The molecule has 43 heavy (non-hydrogen) atoms. The lowest BCUT2D eigenvalue weighted by molar-refractivity contribution is -0.118. The van der Waals surface area contributed by atoms with Crippen molar-refractivity contribution in [3.8, 4) is 5.69 Å². The fourth-order valence-electron chi connectivity index (χ4n) is 6.54. The van der Waals surface area contributed by atoms with Crippen molar-refractivity contribution in [3.63, 3.8) is 0 Å². The van der Waals surface area contributed by atoms with Crippen molar-refractivity contribution in [2.45, 2.75) is 69.7 Å². The molecule has 0 radical (unpaired) electrons. The first-order chi connectivity index (χ1) is 20.3. The second-order valence-electron chi connectivity index (χ2n) is 12.7. The second kappa shape index (κ2) is 11.1. The summed E-state index contributed by atoms with van der Waals surface area (Å²) in [4.78, 5) is 40.3. The Labute approximate surface area is 256 Å². The highest BCUT2D eigenvalue weighted by Crippen LogP contribution is 2.40. The van der Waals surface area contributed by atoms with Gasteiger partial charge in [0.2, 0.25) is 0 Å². The predicted octanol–water partition coefficient (Wildman–Crippen LogP) is 3.89. The first kappa shape index (κ1) is 29.9. The molecule has 3 saturated heterocycles. The summed E-state index contributed by atoms with van der Waals surface area (Å²) in [5.41, 5.74) is 5.84. The monoisotopic (exact) mass is 662 g/mol. The number of alkyl halides is 2. The number of rotatable bonds is 4. The van der Waals surface area contributed by atoms with Gasteiger partial charge in [-0.15, -0.1) is 0 Å². The molecule has 1 atom stereocenters. The van der Waals surface area contributed by atoms with Crippen LogP contribution in [0.1, 0.15) is 46.1 Å². The third kappa shape index (κ3) is 5.76. The fourth-order valence-corrected chi connectivity index (χ4v) is 6.80. The van der Waals surface area contributed by atoms with E-state index in [4.69, 9.17) is 10.5 Å². The van der Waals surface area contributed by atoms with Crippen LogP contribution in [-0.4, -0.2) is 103 Å². The molecule has 3 aliphatic rings. The van der Waals surface area contributed by atoms with Gasteiger partial charge in [0, 0.05) is 49.3 Å². The Kier molecular flexibility index (Phi) is 7.74. The molecule has 3 aliphatic heterocycles. The van der Waals surface area contributed by atoms with Crippen molar-refractivity contribution >= 4 is 39.0 Å². The van der Waals surface area contributed by atoms with E-state index in [1.807, 2.05) is 25.7 Å². The largest absolute Gasteiger partial charge is 0.444 e. The molecule has 5 heterocycles. The minimum atomic E-state index is -3.17. The van der Waals surface area contributed by atoms with Crippen LogP contribution in [0.4, 0.5) is 19.4 Å². The summed E-state index contributed by atoms with van der Waals surface area (Å²) in [5, 5.41) is 0. The van der Waals surface area contributed by atoms with E-state index < -0.39 is 29.8 Å². The number of hydrogen-bond acceptors (Lipinski definition) is 8. The molecule has 11 nitrogen and oxygen atoms in total. The smallest absolute Gasteiger partial charge is 0.410 e. The van der Waals surface area contributed by atoms with Crippen LogP contribution in [0.3, 0.4) is 0 Å². The van der Waals surface area contributed by atoms with Gasteiger partial charge in [-0.1, -0.05) is 15.9 Å². The zero-order valence-electron chi connectivity index (χ0n) is 24.5. The number of carbonyl (C=O) groups excluding carboxylic acids is 1. The molecule has 14 heteroatoms. The van der Waals surface area contributed by atoms with E-state index in [0.29, 0.717) is 25.3 Å². The second-order valence-corrected chi connectivity index (χ2v) is 13.7. The van der Waals surface area contributed by atoms with Crippen molar-refractivity contribution in [2.75, 3.05) is 45.0 Å². The molecule has 3 fully saturated rings. The lowest BCUT2D eigenvalue weighted by atomic mass is 9.94. The van der Waals surface area contributed by atoms with Crippen LogP contribution >= 0.6 is 15.9 Å². The standard InChI is InChI=1S/C29H37BrF2N8O3/c1-28(2,3)43-27(42)38-14-21(15-38)36-11-8-19(9-12-36)37-13-10-22(29(31,32)16-37)40-25-23(24(33)34-17-35-25)39(26(40)41)20-6-4-18(30)5-7-20/h4-7,17,19,21-22H,8-16H2,1-3H3,(H2,33,34,35)/t22-/m1/s1. The van der Waals surface area contributed by atoms with Crippen LogP contribution in [0.25, 0.3) is 16.9 Å². The zero-order valence-corrected chi connectivity index (χ0v) is 26.1. The van der Waals surface area contributed by atoms with Gasteiger partial charge in [0.1, 0.15) is 23.5 Å². The minimum absolute atomic E-state index is 0.0314. The van der Waals surface area contributed by atoms with Gasteiger partial charge in [-0.25, -0.2) is 28.3 Å². The average molecular weight is 664 g/mol. The Morgan fingerprint density at radius 1 is 1.02 bits per heavy atom. The molecule has 0 bridgehead atoms. The number of fused-ring (bicyclic) bond motifs is 1. The van der Waals surface area contributed by atoms with E-state index in [9.17, 15) is 9.59 Å². The van der Waals surface area contributed by atoms with Crippen molar-refractivity contribution < 1.29 is 18.3 Å². The highest BCUT2D eigenvalue weighted by atomic mass is 79.9. The molecule has 6 rings (SSSR count). The number of amides is 1. The summed E-state index contributed by atoms with van der Waals surface area (Å²) in [5.74, 6) is -3.11. The van der Waals surface area contributed by atoms with Crippen LogP contribution in [0, 0.1) is 0 Å². The maximum atomic E-state index is 16.0. The number of nitrogens with two attached hydrogens (primary N) is 1. The molecule has 0 aliphatic carbocycles. The summed E-state index contributed by atoms with van der Waals surface area (Å²) in [7, 11) is 0. The molecule has 3 aromatic rings. The van der Waals surface area contributed by atoms with Crippen LogP contribution in [0.5, 0.6) is 0 Å². The minimum Gasteiger partial charge on any atom is -0.444 e. The number of nitrogens with zero attached hydrogens (tertiary/aromatic N) is 7. The molecule has 1 amide bonds. The molecular formula is C29H37BrF2N8O3. The lowest BCUT2D eigenvalue weighted by Gasteiger charge is -2.49. The molecule has 1 aromatic carbocycles. The number of benzene rings is 1. The maximum absolute atomic E-state index is 16.0. The lowest BCUT2D eigenvalue weighted by Crippen LogP contribution is -2.64. The SMILES string of the molecule is CC(C)(C)OC(=O)N1CC(N2CCC(N3CC[C@@H](n4c(=O)n(-c5ccc(Br)cc5)c5c(N)ncnc54)C(F)(F)C3)CC2)C1. The number of imidazole rings is 1. The highest BCUT2D eigenvalue weighted by Gasteiger charge is 2.49. The van der Waals surface area contributed by atoms with Crippen LogP contribution in [-0.2, 0) is 4.74 Å². The Balaban J connectivity index is 1.13. The molecule has 232 valence electrons.